The lowest BCUT2D eigenvalue weighted by molar-refractivity contribution is -0.138. The summed E-state index contributed by atoms with van der Waals surface area (Å²) in [6.07, 6.45) is -0.628. The number of ether oxygens (including phenoxy) is 1. The smallest absolute Gasteiger partial charge is 0.411 e. The van der Waals surface area contributed by atoms with E-state index in [1.165, 1.54) is 6.92 Å². The molecule has 0 radical (unpaired) electrons. The maximum absolute atomic E-state index is 12.6. The van der Waals surface area contributed by atoms with Crippen molar-refractivity contribution >= 4 is 23.7 Å². The molecule has 0 spiro atoms. The van der Waals surface area contributed by atoms with E-state index in [1.807, 2.05) is 36.4 Å². The van der Waals surface area contributed by atoms with Crippen LogP contribution in [0.4, 0.5) is 10.5 Å². The fraction of sp³-hybridized carbons (Fsp3) is 0.192. The lowest BCUT2D eigenvalue weighted by Gasteiger charge is -2.16. The third-order valence-corrected chi connectivity index (χ3v) is 5.88. The van der Waals surface area contributed by atoms with E-state index in [4.69, 9.17) is 9.84 Å². The Morgan fingerprint density at radius 1 is 0.939 bits per heavy atom. The van der Waals surface area contributed by atoms with E-state index in [-0.39, 0.29) is 18.1 Å². The van der Waals surface area contributed by atoms with Crippen molar-refractivity contribution in [2.24, 2.45) is 0 Å². The largest absolute Gasteiger partial charge is 0.480 e. The molecule has 33 heavy (non-hydrogen) atoms. The number of amides is 2. The monoisotopic (exact) mass is 444 g/mol. The number of anilines is 1. The van der Waals surface area contributed by atoms with E-state index in [9.17, 15) is 14.4 Å². The molecule has 3 aromatic carbocycles. The molecule has 0 unspecified atom stereocenters. The molecule has 0 bridgehead atoms. The first kappa shape index (κ1) is 22.1. The molecule has 7 nitrogen and oxygen atoms in total. The Balaban J connectivity index is 1.45. The van der Waals surface area contributed by atoms with Crippen LogP contribution in [0, 0.1) is 6.92 Å². The van der Waals surface area contributed by atoms with Crippen LogP contribution in [0.15, 0.2) is 66.7 Å². The highest BCUT2D eigenvalue weighted by Gasteiger charge is 2.29. The number of hydrogen-bond donors (Lipinski definition) is 3. The van der Waals surface area contributed by atoms with E-state index < -0.39 is 24.0 Å². The van der Waals surface area contributed by atoms with Gasteiger partial charge in [0.25, 0.3) is 5.91 Å². The van der Waals surface area contributed by atoms with Crippen molar-refractivity contribution in [3.8, 4) is 11.1 Å². The van der Waals surface area contributed by atoms with Crippen molar-refractivity contribution in [2.45, 2.75) is 25.8 Å². The highest BCUT2D eigenvalue weighted by molar-refractivity contribution is 6.00. The molecule has 0 saturated carbocycles. The zero-order valence-electron chi connectivity index (χ0n) is 18.3. The molecule has 2 amide bonds. The van der Waals surface area contributed by atoms with Crippen LogP contribution in [0.2, 0.25) is 0 Å². The van der Waals surface area contributed by atoms with Gasteiger partial charge in [-0.15, -0.1) is 0 Å². The molecule has 7 heteroatoms. The Hall–Kier alpha value is -4.13. The van der Waals surface area contributed by atoms with Gasteiger partial charge < -0.3 is 15.2 Å². The average molecular weight is 444 g/mol. The summed E-state index contributed by atoms with van der Waals surface area (Å²) in [4.78, 5) is 36.0. The van der Waals surface area contributed by atoms with Crippen molar-refractivity contribution in [1.82, 2.24) is 5.32 Å². The zero-order valence-corrected chi connectivity index (χ0v) is 18.3. The number of aliphatic carboxylic acids is 1. The van der Waals surface area contributed by atoms with Crippen molar-refractivity contribution in [2.75, 3.05) is 11.9 Å². The van der Waals surface area contributed by atoms with Gasteiger partial charge in [0.2, 0.25) is 0 Å². The molecule has 1 aliphatic rings. The highest BCUT2D eigenvalue weighted by Crippen LogP contribution is 2.44. The first-order chi connectivity index (χ1) is 15.9. The zero-order chi connectivity index (χ0) is 23.5. The Morgan fingerprint density at radius 2 is 1.55 bits per heavy atom. The Kier molecular flexibility index (Phi) is 6.13. The van der Waals surface area contributed by atoms with Crippen LogP contribution in [0.3, 0.4) is 0 Å². The first-order valence-electron chi connectivity index (χ1n) is 10.6. The summed E-state index contributed by atoms with van der Waals surface area (Å²) in [5.74, 6) is -1.72. The summed E-state index contributed by atoms with van der Waals surface area (Å²) >= 11 is 0. The maximum Gasteiger partial charge on any atom is 0.411 e. The normalized spacial score (nSPS) is 12.9. The number of rotatable bonds is 6. The second kappa shape index (κ2) is 9.16. The molecule has 3 N–H and O–H groups in total. The molecular weight excluding hydrogens is 420 g/mol. The average Bonchev–Trinajstić information content (AvgIpc) is 3.12. The SMILES string of the molecule is Cc1c(NC(=O)OCC2c3ccccc3-c3ccccc32)cccc1C(=O)N[C@H](C)C(=O)O. The Labute approximate surface area is 191 Å². The summed E-state index contributed by atoms with van der Waals surface area (Å²) < 4.78 is 5.57. The number of carbonyl (C=O) groups excluding carboxylic acids is 2. The topological polar surface area (TPSA) is 105 Å². The van der Waals surface area contributed by atoms with Gasteiger partial charge in [-0.1, -0.05) is 54.6 Å². The molecule has 168 valence electrons. The predicted molar refractivity (Wildman–Crippen MR) is 124 cm³/mol. The number of benzene rings is 3. The standard InChI is InChI=1S/C26H24N2O5/c1-15-17(24(29)27-16(2)25(30)31)12-7-13-23(15)28-26(32)33-14-22-20-10-5-3-8-18(20)19-9-4-6-11-21(19)22/h3-13,16,22H,14H2,1-2H3,(H,27,29)(H,28,32)(H,30,31)/t16-/m1/s1. The fourth-order valence-electron chi connectivity index (χ4n) is 4.10. The van der Waals surface area contributed by atoms with Crippen LogP contribution in [-0.4, -0.2) is 35.7 Å². The Morgan fingerprint density at radius 3 is 2.15 bits per heavy atom. The minimum Gasteiger partial charge on any atom is -0.480 e. The van der Waals surface area contributed by atoms with E-state index in [1.54, 1.807) is 25.1 Å². The number of fused-ring (bicyclic) bond motifs is 3. The number of carbonyl (C=O) groups is 3. The van der Waals surface area contributed by atoms with E-state index >= 15 is 0 Å². The molecule has 0 aromatic heterocycles. The third kappa shape index (κ3) is 4.43. The summed E-state index contributed by atoms with van der Waals surface area (Å²) in [7, 11) is 0. The van der Waals surface area contributed by atoms with Gasteiger partial charge in [0, 0.05) is 17.2 Å². The summed E-state index contributed by atoms with van der Waals surface area (Å²) in [6.45, 7) is 3.24. The van der Waals surface area contributed by atoms with Crippen LogP contribution in [-0.2, 0) is 9.53 Å². The lowest BCUT2D eigenvalue weighted by Crippen LogP contribution is -2.38. The van der Waals surface area contributed by atoms with Crippen LogP contribution in [0.1, 0.15) is 39.9 Å². The third-order valence-electron chi connectivity index (χ3n) is 5.88. The van der Waals surface area contributed by atoms with Crippen LogP contribution >= 0.6 is 0 Å². The minimum atomic E-state index is -1.13. The van der Waals surface area contributed by atoms with Crippen LogP contribution in [0.25, 0.3) is 11.1 Å². The molecule has 0 saturated heterocycles. The van der Waals surface area contributed by atoms with E-state index in [2.05, 4.69) is 22.8 Å². The summed E-state index contributed by atoms with van der Waals surface area (Å²) in [5, 5.41) is 14.1. The van der Waals surface area contributed by atoms with E-state index in [0.717, 1.165) is 22.3 Å². The van der Waals surface area contributed by atoms with Gasteiger partial charge in [0.1, 0.15) is 12.6 Å². The van der Waals surface area contributed by atoms with Gasteiger partial charge in [-0.05, 0) is 53.8 Å². The molecule has 0 aliphatic heterocycles. The van der Waals surface area contributed by atoms with Crippen LogP contribution in [0.5, 0.6) is 0 Å². The number of hydrogen-bond acceptors (Lipinski definition) is 4. The molecule has 1 aliphatic carbocycles. The van der Waals surface area contributed by atoms with E-state index in [0.29, 0.717) is 11.3 Å². The number of nitrogens with one attached hydrogen (secondary N) is 2. The molecule has 0 heterocycles. The highest BCUT2D eigenvalue weighted by atomic mass is 16.5. The predicted octanol–water partition coefficient (Wildman–Crippen LogP) is 4.56. The van der Waals surface area contributed by atoms with Crippen molar-refractivity contribution in [3.63, 3.8) is 0 Å². The van der Waals surface area contributed by atoms with Gasteiger partial charge >= 0.3 is 12.1 Å². The number of carboxylic acid groups (broad SMARTS) is 1. The van der Waals surface area contributed by atoms with Crippen molar-refractivity contribution < 1.29 is 24.2 Å². The molecule has 0 fully saturated rings. The maximum atomic E-state index is 12.6. The van der Waals surface area contributed by atoms with Gasteiger partial charge in [0.15, 0.2) is 0 Å². The molecule has 1 atom stereocenters. The van der Waals surface area contributed by atoms with Gasteiger partial charge in [-0.3, -0.25) is 14.9 Å². The van der Waals surface area contributed by atoms with Gasteiger partial charge in [-0.2, -0.15) is 0 Å². The summed E-state index contributed by atoms with van der Waals surface area (Å²) in [6, 6.07) is 20.0. The second-order valence-corrected chi connectivity index (χ2v) is 7.96. The van der Waals surface area contributed by atoms with Gasteiger partial charge in [0.05, 0.1) is 0 Å². The lowest BCUT2D eigenvalue weighted by atomic mass is 9.98. The van der Waals surface area contributed by atoms with Crippen molar-refractivity contribution in [1.29, 1.82) is 0 Å². The quantitative estimate of drug-likeness (QED) is 0.517. The minimum absolute atomic E-state index is 0.0566. The second-order valence-electron chi connectivity index (χ2n) is 7.96. The summed E-state index contributed by atoms with van der Waals surface area (Å²) in [5.41, 5.74) is 5.74. The first-order valence-corrected chi connectivity index (χ1v) is 10.6. The molecule has 3 aromatic rings. The molecule has 4 rings (SSSR count). The van der Waals surface area contributed by atoms with Crippen LogP contribution < -0.4 is 10.6 Å². The number of carboxylic acids is 1. The Bertz CT molecular complexity index is 1190. The van der Waals surface area contributed by atoms with Gasteiger partial charge in [-0.25, -0.2) is 4.79 Å². The molecular formula is C26H24N2O5. The fourth-order valence-corrected chi connectivity index (χ4v) is 4.10. The van der Waals surface area contributed by atoms with Crippen molar-refractivity contribution in [3.05, 3.63) is 89.0 Å².